The van der Waals surface area contributed by atoms with Crippen LogP contribution in [0.25, 0.3) is 0 Å². The van der Waals surface area contributed by atoms with Gasteiger partial charge in [0.15, 0.2) is 0 Å². The van der Waals surface area contributed by atoms with Crippen LogP contribution in [0.2, 0.25) is 5.02 Å². The molecule has 3 aliphatic rings. The number of halogens is 1. The summed E-state index contributed by atoms with van der Waals surface area (Å²) in [6.45, 7) is 4.92. The fourth-order valence-corrected chi connectivity index (χ4v) is 6.21. The van der Waals surface area contributed by atoms with Crippen molar-refractivity contribution in [2.75, 3.05) is 7.11 Å². The standard InChI is InChI=1S/C23H26ClNO3/c1-13-14(2)18(26)7-4-15(13)12-25-20-8-9-22(20)21(25)11-23(22,27)16-5-6-17(24)19(10-16)28-3/h4-7,10,20-21,26-27H,8-9,11-12H2,1-3H3. The van der Waals surface area contributed by atoms with E-state index in [9.17, 15) is 10.2 Å². The van der Waals surface area contributed by atoms with E-state index in [0.717, 1.165) is 42.5 Å². The van der Waals surface area contributed by atoms with Crippen LogP contribution in [0.3, 0.4) is 0 Å². The molecule has 148 valence electrons. The highest BCUT2D eigenvalue weighted by Crippen LogP contribution is 2.76. The van der Waals surface area contributed by atoms with Crippen molar-refractivity contribution in [3.05, 3.63) is 57.6 Å². The van der Waals surface area contributed by atoms with Gasteiger partial charge in [-0.25, -0.2) is 0 Å². The van der Waals surface area contributed by atoms with Gasteiger partial charge in [0, 0.05) is 24.0 Å². The molecule has 1 saturated heterocycles. The van der Waals surface area contributed by atoms with E-state index < -0.39 is 5.60 Å². The van der Waals surface area contributed by atoms with Crippen molar-refractivity contribution < 1.29 is 14.9 Å². The average molecular weight is 400 g/mol. The molecule has 0 amide bonds. The molecule has 4 unspecified atom stereocenters. The minimum absolute atomic E-state index is 0.0360. The maximum atomic E-state index is 11.6. The summed E-state index contributed by atoms with van der Waals surface area (Å²) in [7, 11) is 1.61. The Bertz CT molecular complexity index is 969. The number of methoxy groups -OCH3 is 1. The molecular weight excluding hydrogens is 374 g/mol. The predicted octanol–water partition coefficient (Wildman–Crippen LogP) is 4.30. The first-order valence-electron chi connectivity index (χ1n) is 9.93. The van der Waals surface area contributed by atoms with Crippen LogP contribution in [-0.2, 0) is 12.1 Å². The molecule has 28 heavy (non-hydrogen) atoms. The van der Waals surface area contributed by atoms with Gasteiger partial charge in [0.2, 0.25) is 0 Å². The lowest BCUT2D eigenvalue weighted by Crippen LogP contribution is -2.89. The van der Waals surface area contributed by atoms with Crippen LogP contribution < -0.4 is 4.74 Å². The number of piperidine rings is 2. The summed E-state index contributed by atoms with van der Waals surface area (Å²) >= 11 is 6.18. The third-order valence-electron chi connectivity index (χ3n) is 7.93. The minimum Gasteiger partial charge on any atom is -0.508 e. The van der Waals surface area contributed by atoms with Gasteiger partial charge in [0.05, 0.1) is 17.7 Å². The molecule has 4 nitrogen and oxygen atoms in total. The number of phenolic OH excluding ortho intramolecular Hbond substituents is 1. The average Bonchev–Trinajstić information content (AvgIpc) is 2.65. The van der Waals surface area contributed by atoms with E-state index >= 15 is 0 Å². The highest BCUT2D eigenvalue weighted by Gasteiger charge is 2.81. The van der Waals surface area contributed by atoms with E-state index in [0.29, 0.717) is 28.6 Å². The van der Waals surface area contributed by atoms with Crippen molar-refractivity contribution in [2.24, 2.45) is 5.41 Å². The van der Waals surface area contributed by atoms with Gasteiger partial charge in [-0.3, -0.25) is 4.90 Å². The molecule has 2 aromatic rings. The Morgan fingerprint density at radius 3 is 2.61 bits per heavy atom. The third kappa shape index (κ3) is 2.04. The van der Waals surface area contributed by atoms with Crippen molar-refractivity contribution in [2.45, 2.75) is 57.3 Å². The van der Waals surface area contributed by atoms with Crippen LogP contribution in [-0.4, -0.2) is 34.3 Å². The van der Waals surface area contributed by atoms with Gasteiger partial charge in [0.1, 0.15) is 11.5 Å². The lowest BCUT2D eigenvalue weighted by Gasteiger charge is -2.82. The SMILES string of the molecule is COc1cc(C2(O)CC3N(Cc4ccc(O)c(C)c4C)C4CCC432)ccc1Cl. The number of benzene rings is 2. The Kier molecular flexibility index (Phi) is 3.84. The molecule has 5 rings (SSSR count). The van der Waals surface area contributed by atoms with E-state index in [2.05, 4.69) is 11.8 Å². The maximum absolute atomic E-state index is 11.6. The maximum Gasteiger partial charge on any atom is 0.137 e. The number of rotatable bonds is 4. The number of hydrogen-bond acceptors (Lipinski definition) is 4. The Hall–Kier alpha value is -1.75. The van der Waals surface area contributed by atoms with Crippen molar-refractivity contribution in [3.8, 4) is 11.5 Å². The van der Waals surface area contributed by atoms with E-state index in [1.165, 1.54) is 5.56 Å². The van der Waals surface area contributed by atoms with Crippen LogP contribution >= 0.6 is 11.6 Å². The molecule has 2 aliphatic carbocycles. The zero-order chi connectivity index (χ0) is 19.8. The lowest BCUT2D eigenvalue weighted by atomic mass is 9.34. The number of nitrogens with zero attached hydrogens (tertiary/aromatic N) is 1. The molecule has 0 radical (unpaired) electrons. The predicted molar refractivity (Wildman–Crippen MR) is 109 cm³/mol. The molecule has 2 saturated carbocycles. The normalized spacial score (nSPS) is 33.2. The molecule has 3 fully saturated rings. The van der Waals surface area contributed by atoms with Crippen molar-refractivity contribution in [1.82, 2.24) is 4.90 Å². The third-order valence-corrected chi connectivity index (χ3v) is 8.24. The molecule has 0 bridgehead atoms. The number of ether oxygens (including phenoxy) is 1. The van der Waals surface area contributed by atoms with Crippen molar-refractivity contribution >= 4 is 11.6 Å². The molecular formula is C23H26ClNO3. The first-order valence-corrected chi connectivity index (χ1v) is 10.3. The molecule has 1 aliphatic heterocycles. The number of likely N-dealkylation sites (tertiary alicyclic amines) is 1. The molecule has 1 heterocycles. The molecule has 2 N–H and O–H groups in total. The van der Waals surface area contributed by atoms with Crippen LogP contribution in [0.15, 0.2) is 30.3 Å². The molecule has 0 aromatic heterocycles. The van der Waals surface area contributed by atoms with Gasteiger partial charge >= 0.3 is 0 Å². The van der Waals surface area contributed by atoms with Crippen LogP contribution in [0, 0.1) is 19.3 Å². The summed E-state index contributed by atoms with van der Waals surface area (Å²) in [6, 6.07) is 10.3. The Morgan fingerprint density at radius 2 is 1.96 bits per heavy atom. The summed E-state index contributed by atoms with van der Waals surface area (Å²) in [6.07, 6.45) is 2.93. The van der Waals surface area contributed by atoms with Crippen molar-refractivity contribution in [3.63, 3.8) is 0 Å². The van der Waals surface area contributed by atoms with Gasteiger partial charge in [-0.15, -0.1) is 0 Å². The smallest absolute Gasteiger partial charge is 0.137 e. The van der Waals surface area contributed by atoms with Gasteiger partial charge < -0.3 is 14.9 Å². The van der Waals surface area contributed by atoms with E-state index in [1.54, 1.807) is 13.2 Å². The fraction of sp³-hybridized carbons (Fsp3) is 0.478. The summed E-state index contributed by atoms with van der Waals surface area (Å²) in [5, 5.41) is 22.1. The van der Waals surface area contributed by atoms with E-state index in [-0.39, 0.29) is 5.41 Å². The quantitative estimate of drug-likeness (QED) is 0.805. The second-order valence-corrected chi connectivity index (χ2v) is 9.10. The summed E-state index contributed by atoms with van der Waals surface area (Å²) in [4.78, 5) is 2.55. The highest BCUT2D eigenvalue weighted by molar-refractivity contribution is 6.32. The zero-order valence-electron chi connectivity index (χ0n) is 16.5. The summed E-state index contributed by atoms with van der Waals surface area (Å²) in [5.41, 5.74) is 3.47. The monoisotopic (exact) mass is 399 g/mol. The van der Waals surface area contributed by atoms with Crippen LogP contribution in [0.1, 0.15) is 41.5 Å². The van der Waals surface area contributed by atoms with E-state index in [4.69, 9.17) is 16.3 Å². The second-order valence-electron chi connectivity index (χ2n) is 8.69. The Morgan fingerprint density at radius 1 is 1.18 bits per heavy atom. The van der Waals surface area contributed by atoms with Crippen molar-refractivity contribution in [1.29, 1.82) is 0 Å². The zero-order valence-corrected chi connectivity index (χ0v) is 17.3. The van der Waals surface area contributed by atoms with Crippen LogP contribution in [0.4, 0.5) is 0 Å². The second kappa shape index (κ2) is 5.88. The highest BCUT2D eigenvalue weighted by atomic mass is 35.5. The molecule has 2 aromatic carbocycles. The van der Waals surface area contributed by atoms with E-state index in [1.807, 2.05) is 31.2 Å². The Balaban J connectivity index is 1.41. The topological polar surface area (TPSA) is 52.9 Å². The van der Waals surface area contributed by atoms with Gasteiger partial charge in [-0.05, 0) is 73.6 Å². The first-order chi connectivity index (χ1) is 13.3. The van der Waals surface area contributed by atoms with Gasteiger partial charge in [-0.2, -0.15) is 0 Å². The number of aliphatic hydroxyl groups is 1. The van der Waals surface area contributed by atoms with Crippen LogP contribution in [0.5, 0.6) is 11.5 Å². The molecule has 5 heteroatoms. The lowest BCUT2D eigenvalue weighted by molar-refractivity contribution is -0.378. The summed E-state index contributed by atoms with van der Waals surface area (Å²) < 4.78 is 5.37. The molecule has 1 spiro atoms. The van der Waals surface area contributed by atoms with Gasteiger partial charge in [-0.1, -0.05) is 23.7 Å². The fourth-order valence-electron chi connectivity index (χ4n) is 6.02. The largest absolute Gasteiger partial charge is 0.508 e. The number of aromatic hydroxyl groups is 1. The summed E-state index contributed by atoms with van der Waals surface area (Å²) in [5.74, 6) is 0.979. The molecule has 4 atom stereocenters. The number of hydrogen-bond donors (Lipinski definition) is 2. The van der Waals surface area contributed by atoms with Gasteiger partial charge in [0.25, 0.3) is 0 Å². The number of phenols is 1. The Labute approximate surface area is 170 Å². The first kappa shape index (κ1) is 18.3. The minimum atomic E-state index is -0.797.